The first-order chi connectivity index (χ1) is 5.57. The first-order valence-corrected chi connectivity index (χ1v) is 4.10. The Balaban J connectivity index is 2.73. The van der Waals surface area contributed by atoms with E-state index in [1.54, 1.807) is 11.9 Å². The molecule has 2 amide bonds. The summed E-state index contributed by atoms with van der Waals surface area (Å²) in [7, 11) is 1.67. The first kappa shape index (κ1) is 9.03. The van der Waals surface area contributed by atoms with Crippen LogP contribution in [-0.4, -0.2) is 47.8 Å². The average molecular weight is 170 g/mol. The number of Topliss-reactive ketones (excluding diaryl/α,β-unsaturated/α-hetero) is 1. The topological polar surface area (TPSA) is 40.6 Å². The van der Waals surface area contributed by atoms with E-state index in [2.05, 4.69) is 0 Å². The van der Waals surface area contributed by atoms with Gasteiger partial charge in [0.1, 0.15) is 6.04 Å². The van der Waals surface area contributed by atoms with Crippen LogP contribution in [0, 0.1) is 0 Å². The predicted octanol–water partition coefficient (Wildman–Crippen LogP) is 0.331. The van der Waals surface area contributed by atoms with Crippen LogP contribution in [-0.2, 0) is 4.79 Å². The molecule has 0 aliphatic carbocycles. The predicted molar refractivity (Wildman–Crippen MR) is 44.9 cm³/mol. The summed E-state index contributed by atoms with van der Waals surface area (Å²) < 4.78 is 0. The van der Waals surface area contributed by atoms with Gasteiger partial charge in [-0.05, 0) is 13.8 Å². The van der Waals surface area contributed by atoms with Gasteiger partial charge in [0.15, 0.2) is 5.78 Å². The number of hydrogen-bond acceptors (Lipinski definition) is 2. The van der Waals surface area contributed by atoms with Crippen LogP contribution in [0.1, 0.15) is 13.8 Å². The van der Waals surface area contributed by atoms with Gasteiger partial charge in [-0.2, -0.15) is 0 Å². The third-order valence-electron chi connectivity index (χ3n) is 2.28. The van der Waals surface area contributed by atoms with Gasteiger partial charge in [-0.3, -0.25) is 4.79 Å². The molecular formula is C8H14N2O2. The number of rotatable bonds is 2. The quantitative estimate of drug-likeness (QED) is 0.599. The molecular weight excluding hydrogens is 156 g/mol. The average Bonchev–Trinajstić information content (AvgIpc) is 2.30. The van der Waals surface area contributed by atoms with Crippen LogP contribution in [0.3, 0.4) is 0 Å². The second-order valence-electron chi connectivity index (χ2n) is 3.06. The van der Waals surface area contributed by atoms with Crippen LogP contribution in [0.25, 0.3) is 0 Å². The molecule has 0 bridgehead atoms. The second kappa shape index (κ2) is 3.13. The molecule has 1 aliphatic heterocycles. The van der Waals surface area contributed by atoms with Gasteiger partial charge in [-0.1, -0.05) is 0 Å². The molecule has 0 aromatic heterocycles. The molecule has 4 nitrogen and oxygen atoms in total. The highest BCUT2D eigenvalue weighted by Gasteiger charge is 2.35. The number of hydrogen-bond donors (Lipinski definition) is 0. The lowest BCUT2D eigenvalue weighted by Gasteiger charge is -2.14. The van der Waals surface area contributed by atoms with Gasteiger partial charge in [0.2, 0.25) is 0 Å². The van der Waals surface area contributed by atoms with Crippen LogP contribution in [0.5, 0.6) is 0 Å². The van der Waals surface area contributed by atoms with Gasteiger partial charge in [0, 0.05) is 20.1 Å². The van der Waals surface area contributed by atoms with E-state index in [0.29, 0.717) is 13.1 Å². The SMILES string of the molecule is CCN1C[C@@H](C(C)=O)N(C)C1=O. The molecule has 0 radical (unpaired) electrons. The van der Waals surface area contributed by atoms with Crippen molar-refractivity contribution in [2.45, 2.75) is 19.9 Å². The van der Waals surface area contributed by atoms with Gasteiger partial charge in [0.25, 0.3) is 0 Å². The zero-order valence-electron chi connectivity index (χ0n) is 7.70. The third kappa shape index (κ3) is 1.29. The van der Waals surface area contributed by atoms with Crippen LogP contribution in [0.15, 0.2) is 0 Å². The van der Waals surface area contributed by atoms with E-state index in [0.717, 1.165) is 0 Å². The molecule has 0 spiro atoms. The summed E-state index contributed by atoms with van der Waals surface area (Å²) in [4.78, 5) is 25.6. The molecule has 12 heavy (non-hydrogen) atoms. The van der Waals surface area contributed by atoms with Crippen LogP contribution in [0.2, 0.25) is 0 Å². The number of amides is 2. The van der Waals surface area contributed by atoms with Gasteiger partial charge >= 0.3 is 6.03 Å². The summed E-state index contributed by atoms with van der Waals surface area (Å²) in [6.07, 6.45) is 0. The molecule has 1 atom stereocenters. The monoisotopic (exact) mass is 170 g/mol. The van der Waals surface area contributed by atoms with Gasteiger partial charge in [0.05, 0.1) is 0 Å². The Bertz CT molecular complexity index is 215. The Morgan fingerprint density at radius 1 is 1.67 bits per heavy atom. The van der Waals surface area contributed by atoms with Crippen molar-refractivity contribution >= 4 is 11.8 Å². The Morgan fingerprint density at radius 2 is 2.25 bits per heavy atom. The molecule has 1 saturated heterocycles. The fraction of sp³-hybridized carbons (Fsp3) is 0.750. The van der Waals surface area contributed by atoms with Crippen molar-refractivity contribution in [3.05, 3.63) is 0 Å². The highest BCUT2D eigenvalue weighted by atomic mass is 16.2. The van der Waals surface area contributed by atoms with Crippen LogP contribution >= 0.6 is 0 Å². The fourth-order valence-corrected chi connectivity index (χ4v) is 1.43. The molecule has 68 valence electrons. The number of ketones is 1. The molecule has 0 unspecified atom stereocenters. The van der Waals surface area contributed by atoms with E-state index < -0.39 is 0 Å². The van der Waals surface area contributed by atoms with Crippen molar-refractivity contribution < 1.29 is 9.59 Å². The maximum absolute atomic E-state index is 11.4. The molecule has 1 aliphatic rings. The van der Waals surface area contributed by atoms with Crippen molar-refractivity contribution in [1.82, 2.24) is 9.80 Å². The summed E-state index contributed by atoms with van der Waals surface area (Å²) in [5, 5.41) is 0. The van der Waals surface area contributed by atoms with Crippen molar-refractivity contribution in [2.24, 2.45) is 0 Å². The summed E-state index contributed by atoms with van der Waals surface area (Å²) >= 11 is 0. The molecule has 0 aromatic carbocycles. The molecule has 4 heteroatoms. The summed E-state index contributed by atoms with van der Waals surface area (Å²) in [5.74, 6) is 0.0572. The van der Waals surface area contributed by atoms with Gasteiger partial charge in [-0.15, -0.1) is 0 Å². The van der Waals surface area contributed by atoms with Gasteiger partial charge < -0.3 is 9.80 Å². The number of carbonyl (C=O) groups is 2. The molecule has 1 heterocycles. The van der Waals surface area contributed by atoms with Crippen molar-refractivity contribution in [2.75, 3.05) is 20.1 Å². The van der Waals surface area contributed by atoms with E-state index in [9.17, 15) is 9.59 Å². The van der Waals surface area contributed by atoms with Crippen molar-refractivity contribution in [3.63, 3.8) is 0 Å². The lowest BCUT2D eigenvalue weighted by Crippen LogP contribution is -2.35. The number of carbonyl (C=O) groups excluding carboxylic acids is 2. The minimum absolute atomic E-state index is 0.0438. The molecule has 0 N–H and O–H groups in total. The number of nitrogens with zero attached hydrogens (tertiary/aromatic N) is 2. The lowest BCUT2D eigenvalue weighted by atomic mass is 10.2. The van der Waals surface area contributed by atoms with E-state index in [4.69, 9.17) is 0 Å². The highest BCUT2D eigenvalue weighted by Crippen LogP contribution is 2.13. The molecule has 0 saturated carbocycles. The second-order valence-corrected chi connectivity index (χ2v) is 3.06. The standard InChI is InChI=1S/C8H14N2O2/c1-4-10-5-7(6(2)11)9(3)8(10)12/h7H,4-5H2,1-3H3/t7-/m0/s1. The summed E-state index contributed by atoms with van der Waals surface area (Å²) in [6.45, 7) is 4.65. The Labute approximate surface area is 72.1 Å². The fourth-order valence-electron chi connectivity index (χ4n) is 1.43. The van der Waals surface area contributed by atoms with E-state index in [-0.39, 0.29) is 17.9 Å². The van der Waals surface area contributed by atoms with Gasteiger partial charge in [-0.25, -0.2) is 4.79 Å². The maximum Gasteiger partial charge on any atom is 0.320 e. The Hall–Kier alpha value is -1.06. The largest absolute Gasteiger partial charge is 0.322 e. The van der Waals surface area contributed by atoms with Crippen LogP contribution < -0.4 is 0 Å². The highest BCUT2D eigenvalue weighted by molar-refractivity contribution is 5.90. The zero-order chi connectivity index (χ0) is 9.30. The molecule has 0 aromatic rings. The van der Waals surface area contributed by atoms with Crippen molar-refractivity contribution in [1.29, 1.82) is 0 Å². The van der Waals surface area contributed by atoms with E-state index in [1.165, 1.54) is 11.8 Å². The smallest absolute Gasteiger partial charge is 0.320 e. The normalized spacial score (nSPS) is 23.6. The summed E-state index contributed by atoms with van der Waals surface area (Å²) in [6, 6.07) is -0.282. The number of likely N-dealkylation sites (N-methyl/N-ethyl adjacent to an activating group) is 2. The van der Waals surface area contributed by atoms with Crippen LogP contribution in [0.4, 0.5) is 4.79 Å². The third-order valence-corrected chi connectivity index (χ3v) is 2.28. The zero-order valence-corrected chi connectivity index (χ0v) is 7.70. The van der Waals surface area contributed by atoms with Crippen molar-refractivity contribution in [3.8, 4) is 0 Å². The van der Waals surface area contributed by atoms with E-state index in [1.807, 2.05) is 6.92 Å². The number of urea groups is 1. The minimum Gasteiger partial charge on any atom is -0.322 e. The maximum atomic E-state index is 11.4. The molecule has 1 fully saturated rings. The Kier molecular flexibility index (Phi) is 2.35. The molecule has 1 rings (SSSR count). The lowest BCUT2D eigenvalue weighted by molar-refractivity contribution is -0.120. The summed E-state index contributed by atoms with van der Waals surface area (Å²) in [5.41, 5.74) is 0. The first-order valence-electron chi connectivity index (χ1n) is 4.10. The minimum atomic E-state index is -0.238. The Morgan fingerprint density at radius 3 is 2.50 bits per heavy atom. The van der Waals surface area contributed by atoms with E-state index >= 15 is 0 Å².